The maximum atomic E-state index is 11.5. The predicted molar refractivity (Wildman–Crippen MR) is 126 cm³/mol. The fourth-order valence-corrected chi connectivity index (χ4v) is 2.82. The number of nitrogens with one attached hydrogen (secondary N) is 3. The van der Waals surface area contributed by atoms with E-state index in [1.165, 1.54) is 12.0 Å². The number of hydrogen-bond acceptors (Lipinski definition) is 4. The minimum Gasteiger partial charge on any atom is -0.381 e. The first-order valence-electron chi connectivity index (χ1n) is 9.85. The number of unbranched alkanes of at least 4 members (excludes halogenated alkanes) is 1. The van der Waals surface area contributed by atoms with Gasteiger partial charge in [0.2, 0.25) is 5.91 Å². The summed E-state index contributed by atoms with van der Waals surface area (Å²) in [5.41, 5.74) is 2.25. The van der Waals surface area contributed by atoms with Gasteiger partial charge in [-0.25, -0.2) is 0 Å². The Balaban J connectivity index is 0.00000392. The molecule has 1 fully saturated rings. The molecule has 0 atom stereocenters. The lowest BCUT2D eigenvalue weighted by atomic mass is 10.2. The molecule has 0 spiro atoms. The van der Waals surface area contributed by atoms with Crippen LogP contribution in [0, 0.1) is 0 Å². The first-order valence-corrected chi connectivity index (χ1v) is 9.85. The molecule has 0 saturated carbocycles. The van der Waals surface area contributed by atoms with Gasteiger partial charge in [-0.2, -0.15) is 0 Å². The van der Waals surface area contributed by atoms with Crippen molar-refractivity contribution in [3.8, 4) is 0 Å². The van der Waals surface area contributed by atoms with Crippen LogP contribution in [0.4, 0.5) is 5.69 Å². The normalized spacial score (nSPS) is 14.3. The number of benzene rings is 1. The van der Waals surface area contributed by atoms with E-state index in [-0.39, 0.29) is 29.9 Å². The molecule has 0 aliphatic carbocycles. The van der Waals surface area contributed by atoms with Crippen LogP contribution in [-0.2, 0) is 16.1 Å². The first-order chi connectivity index (χ1) is 13.2. The second-order valence-corrected chi connectivity index (χ2v) is 6.61. The molecule has 158 valence electrons. The lowest BCUT2D eigenvalue weighted by Crippen LogP contribution is -2.47. The molecule has 0 unspecified atom stereocenters. The minimum absolute atomic E-state index is 0. The molecule has 1 aromatic carbocycles. The Hall–Kier alpha value is -1.55. The number of rotatable bonds is 10. The Labute approximate surface area is 185 Å². The van der Waals surface area contributed by atoms with Crippen LogP contribution in [-0.4, -0.2) is 58.3 Å². The molecule has 2 rings (SSSR count). The number of anilines is 1. The van der Waals surface area contributed by atoms with E-state index in [4.69, 9.17) is 4.74 Å². The molecule has 1 heterocycles. The van der Waals surface area contributed by atoms with Crippen molar-refractivity contribution < 1.29 is 9.53 Å². The summed E-state index contributed by atoms with van der Waals surface area (Å²) in [6, 6.07) is 8.31. The van der Waals surface area contributed by atoms with E-state index in [0.29, 0.717) is 19.6 Å². The fraction of sp³-hybridized carbons (Fsp3) is 0.600. The Morgan fingerprint density at radius 3 is 2.64 bits per heavy atom. The number of amides is 1. The minimum atomic E-state index is 0. The highest BCUT2D eigenvalue weighted by Crippen LogP contribution is 2.15. The van der Waals surface area contributed by atoms with Gasteiger partial charge < -0.3 is 25.6 Å². The number of carbonyl (C=O) groups excluding carboxylic acids is 1. The van der Waals surface area contributed by atoms with Crippen LogP contribution in [0.5, 0.6) is 0 Å². The van der Waals surface area contributed by atoms with Crippen molar-refractivity contribution >= 4 is 41.5 Å². The van der Waals surface area contributed by atoms with Gasteiger partial charge in [-0.05, 0) is 30.5 Å². The molecule has 1 aliphatic rings. The summed E-state index contributed by atoms with van der Waals surface area (Å²) >= 11 is 0. The highest BCUT2D eigenvalue weighted by molar-refractivity contribution is 14.0. The Morgan fingerprint density at radius 1 is 1.21 bits per heavy atom. The molecule has 1 saturated heterocycles. The van der Waals surface area contributed by atoms with Crippen molar-refractivity contribution in [3.63, 3.8) is 0 Å². The third kappa shape index (κ3) is 9.09. The van der Waals surface area contributed by atoms with E-state index in [0.717, 1.165) is 50.8 Å². The molecule has 1 amide bonds. The average molecular weight is 503 g/mol. The number of piperazine rings is 1. The zero-order chi connectivity index (χ0) is 19.3. The molecule has 1 aromatic rings. The average Bonchev–Trinajstić information content (AvgIpc) is 2.70. The summed E-state index contributed by atoms with van der Waals surface area (Å²) < 4.78 is 5.56. The molecule has 0 aromatic heterocycles. The zero-order valence-electron chi connectivity index (χ0n) is 17.0. The standard InChI is InChI=1S/C20H33N5O2.HI/c1-3-4-13-27-14-5-10-23-20(21-2)24-15-17-6-8-18(9-7-17)25-12-11-22-19(26)16-25;/h6-9H,3-5,10-16H2,1-2H3,(H,22,26)(H2,21,23,24);1H. The highest BCUT2D eigenvalue weighted by atomic mass is 127. The summed E-state index contributed by atoms with van der Waals surface area (Å²) in [6.45, 7) is 7.31. The van der Waals surface area contributed by atoms with E-state index >= 15 is 0 Å². The smallest absolute Gasteiger partial charge is 0.239 e. The summed E-state index contributed by atoms with van der Waals surface area (Å²) in [6.07, 6.45) is 3.26. The molecule has 8 heteroatoms. The van der Waals surface area contributed by atoms with Gasteiger partial charge in [-0.3, -0.25) is 9.79 Å². The molecule has 7 nitrogen and oxygen atoms in total. The molecular formula is C20H34IN5O2. The number of aliphatic imine (C=N–C) groups is 1. The molecule has 3 N–H and O–H groups in total. The summed E-state index contributed by atoms with van der Waals surface area (Å²) in [5.74, 6) is 0.873. The second kappa shape index (κ2) is 14.4. The van der Waals surface area contributed by atoms with Gasteiger partial charge in [0.25, 0.3) is 0 Å². The van der Waals surface area contributed by atoms with Gasteiger partial charge in [-0.15, -0.1) is 24.0 Å². The highest BCUT2D eigenvalue weighted by Gasteiger charge is 2.16. The van der Waals surface area contributed by atoms with E-state index in [9.17, 15) is 4.79 Å². The Bertz CT molecular complexity index is 595. The Kier molecular flexibility index (Phi) is 12.6. The lowest BCUT2D eigenvalue weighted by molar-refractivity contribution is -0.120. The van der Waals surface area contributed by atoms with Gasteiger partial charge in [0, 0.05) is 52.1 Å². The van der Waals surface area contributed by atoms with Crippen molar-refractivity contribution in [1.82, 2.24) is 16.0 Å². The largest absolute Gasteiger partial charge is 0.381 e. The fourth-order valence-electron chi connectivity index (χ4n) is 2.82. The van der Waals surface area contributed by atoms with E-state index in [2.05, 4.69) is 57.0 Å². The van der Waals surface area contributed by atoms with E-state index < -0.39 is 0 Å². The predicted octanol–water partition coefficient (Wildman–Crippen LogP) is 2.11. The van der Waals surface area contributed by atoms with Gasteiger partial charge in [0.15, 0.2) is 5.96 Å². The maximum absolute atomic E-state index is 11.5. The molecule has 28 heavy (non-hydrogen) atoms. The van der Waals surface area contributed by atoms with Crippen molar-refractivity contribution in [2.75, 3.05) is 51.3 Å². The monoisotopic (exact) mass is 503 g/mol. The number of ether oxygens (including phenoxy) is 1. The van der Waals surface area contributed by atoms with Crippen molar-refractivity contribution in [2.45, 2.75) is 32.7 Å². The summed E-state index contributed by atoms with van der Waals surface area (Å²) in [5, 5.41) is 9.48. The third-order valence-corrected chi connectivity index (χ3v) is 4.42. The summed E-state index contributed by atoms with van der Waals surface area (Å²) in [7, 11) is 1.78. The van der Waals surface area contributed by atoms with Crippen LogP contribution in [0.1, 0.15) is 31.7 Å². The van der Waals surface area contributed by atoms with Gasteiger partial charge in [0.05, 0.1) is 6.54 Å². The van der Waals surface area contributed by atoms with Crippen LogP contribution in [0.25, 0.3) is 0 Å². The van der Waals surface area contributed by atoms with Crippen molar-refractivity contribution in [3.05, 3.63) is 29.8 Å². The first kappa shape index (κ1) is 24.5. The zero-order valence-corrected chi connectivity index (χ0v) is 19.3. The van der Waals surface area contributed by atoms with Crippen molar-refractivity contribution in [1.29, 1.82) is 0 Å². The van der Waals surface area contributed by atoms with Gasteiger partial charge >= 0.3 is 0 Å². The molecular weight excluding hydrogens is 469 g/mol. The topological polar surface area (TPSA) is 78.0 Å². The number of guanidine groups is 1. The number of carbonyl (C=O) groups is 1. The molecule has 1 aliphatic heterocycles. The van der Waals surface area contributed by atoms with Crippen LogP contribution in [0.3, 0.4) is 0 Å². The molecule has 0 bridgehead atoms. The Morgan fingerprint density at radius 2 is 1.96 bits per heavy atom. The van der Waals surface area contributed by atoms with Crippen LogP contribution in [0.2, 0.25) is 0 Å². The van der Waals surface area contributed by atoms with E-state index in [1.807, 2.05) is 0 Å². The summed E-state index contributed by atoms with van der Waals surface area (Å²) in [4.78, 5) is 17.9. The maximum Gasteiger partial charge on any atom is 0.239 e. The SMILES string of the molecule is CCCCOCCCNC(=NC)NCc1ccc(N2CCNC(=O)C2)cc1.I. The van der Waals surface area contributed by atoms with Gasteiger partial charge in [0.1, 0.15) is 0 Å². The van der Waals surface area contributed by atoms with Gasteiger partial charge in [-0.1, -0.05) is 25.5 Å². The van der Waals surface area contributed by atoms with Crippen LogP contribution >= 0.6 is 24.0 Å². The van der Waals surface area contributed by atoms with Crippen LogP contribution in [0.15, 0.2) is 29.3 Å². The number of nitrogens with zero attached hydrogens (tertiary/aromatic N) is 2. The lowest BCUT2D eigenvalue weighted by Gasteiger charge is -2.28. The van der Waals surface area contributed by atoms with Crippen molar-refractivity contribution in [2.24, 2.45) is 4.99 Å². The second-order valence-electron chi connectivity index (χ2n) is 6.61. The van der Waals surface area contributed by atoms with E-state index in [1.54, 1.807) is 7.05 Å². The third-order valence-electron chi connectivity index (χ3n) is 4.42. The quantitative estimate of drug-likeness (QED) is 0.197. The number of halogens is 1. The number of hydrogen-bond donors (Lipinski definition) is 3. The van der Waals surface area contributed by atoms with Crippen LogP contribution < -0.4 is 20.9 Å². The molecule has 0 radical (unpaired) electrons.